The number of Topliss-reactive ketones (excluding diaryl/α,β-unsaturated/α-hetero) is 1. The molecular formula is C15H12BrClO2. The first-order valence-electron chi connectivity index (χ1n) is 5.79. The molecule has 2 nitrogen and oxygen atoms in total. The molecule has 0 aromatic heterocycles. The number of hydrogen-bond acceptors (Lipinski definition) is 2. The topological polar surface area (TPSA) is 26.3 Å². The van der Waals surface area contributed by atoms with Gasteiger partial charge in [0, 0.05) is 10.0 Å². The highest BCUT2D eigenvalue weighted by Gasteiger charge is 2.17. The van der Waals surface area contributed by atoms with Crippen molar-refractivity contribution in [3.63, 3.8) is 0 Å². The Morgan fingerprint density at radius 2 is 1.89 bits per heavy atom. The van der Waals surface area contributed by atoms with Crippen molar-refractivity contribution in [1.82, 2.24) is 0 Å². The van der Waals surface area contributed by atoms with Crippen LogP contribution in [0.1, 0.15) is 17.3 Å². The molecule has 0 aliphatic carbocycles. The minimum Gasteiger partial charge on any atom is -0.481 e. The van der Waals surface area contributed by atoms with Crippen molar-refractivity contribution in [2.24, 2.45) is 0 Å². The Balaban J connectivity index is 2.13. The number of ketones is 1. The van der Waals surface area contributed by atoms with Gasteiger partial charge in [0.05, 0.1) is 5.02 Å². The van der Waals surface area contributed by atoms with Gasteiger partial charge in [0.1, 0.15) is 5.75 Å². The summed E-state index contributed by atoms with van der Waals surface area (Å²) in [4.78, 5) is 12.1. The van der Waals surface area contributed by atoms with Gasteiger partial charge in [0.2, 0.25) is 5.78 Å². The van der Waals surface area contributed by atoms with Gasteiger partial charge in [-0.1, -0.05) is 57.9 Å². The number of rotatable bonds is 4. The molecule has 0 radical (unpaired) electrons. The van der Waals surface area contributed by atoms with Crippen LogP contribution in [0.15, 0.2) is 53.0 Å². The van der Waals surface area contributed by atoms with Crippen molar-refractivity contribution < 1.29 is 9.53 Å². The Morgan fingerprint density at radius 3 is 2.53 bits per heavy atom. The smallest absolute Gasteiger partial charge is 0.202 e. The zero-order chi connectivity index (χ0) is 13.8. The standard InChI is InChI=1S/C15H12BrClO2/c1-10(15(18)11-5-3-2-4-6-11)19-14-8-7-12(16)9-13(14)17/h2-10H,1H3/t10-/m1/s1. The van der Waals surface area contributed by atoms with E-state index in [1.165, 1.54) is 0 Å². The molecule has 0 N–H and O–H groups in total. The van der Waals surface area contributed by atoms with E-state index in [-0.39, 0.29) is 5.78 Å². The van der Waals surface area contributed by atoms with E-state index in [4.69, 9.17) is 16.3 Å². The van der Waals surface area contributed by atoms with Gasteiger partial charge in [-0.25, -0.2) is 0 Å². The molecule has 0 aliphatic heterocycles. The van der Waals surface area contributed by atoms with Crippen molar-refractivity contribution in [3.8, 4) is 5.75 Å². The lowest BCUT2D eigenvalue weighted by molar-refractivity contribution is 0.0818. The average Bonchev–Trinajstić information content (AvgIpc) is 2.42. The van der Waals surface area contributed by atoms with Gasteiger partial charge in [-0.3, -0.25) is 4.79 Å². The highest BCUT2D eigenvalue weighted by atomic mass is 79.9. The highest BCUT2D eigenvalue weighted by Crippen LogP contribution is 2.28. The van der Waals surface area contributed by atoms with Gasteiger partial charge in [0.25, 0.3) is 0 Å². The fraction of sp³-hybridized carbons (Fsp3) is 0.133. The lowest BCUT2D eigenvalue weighted by atomic mass is 10.1. The number of ether oxygens (including phenoxy) is 1. The van der Waals surface area contributed by atoms with Crippen LogP contribution >= 0.6 is 27.5 Å². The number of benzene rings is 2. The van der Waals surface area contributed by atoms with Crippen molar-refractivity contribution in [1.29, 1.82) is 0 Å². The first kappa shape index (κ1) is 14.1. The minimum absolute atomic E-state index is 0.0698. The van der Waals surface area contributed by atoms with Gasteiger partial charge in [-0.2, -0.15) is 0 Å². The van der Waals surface area contributed by atoms with Crippen molar-refractivity contribution in [3.05, 3.63) is 63.6 Å². The third-order valence-corrected chi connectivity index (χ3v) is 3.41. The molecule has 1 atom stereocenters. The van der Waals surface area contributed by atoms with Crippen LogP contribution < -0.4 is 4.74 Å². The first-order chi connectivity index (χ1) is 9.08. The average molecular weight is 340 g/mol. The Bertz CT molecular complexity index is 584. The molecule has 4 heteroatoms. The quantitative estimate of drug-likeness (QED) is 0.751. The minimum atomic E-state index is -0.582. The summed E-state index contributed by atoms with van der Waals surface area (Å²) in [5.74, 6) is 0.432. The molecule has 0 fully saturated rings. The highest BCUT2D eigenvalue weighted by molar-refractivity contribution is 9.10. The van der Waals surface area contributed by atoms with Gasteiger partial charge in [-0.05, 0) is 25.1 Å². The predicted molar refractivity (Wildman–Crippen MR) is 80.0 cm³/mol. The van der Waals surface area contributed by atoms with Gasteiger partial charge >= 0.3 is 0 Å². The first-order valence-corrected chi connectivity index (χ1v) is 6.96. The second kappa shape index (κ2) is 6.22. The zero-order valence-corrected chi connectivity index (χ0v) is 12.6. The maximum atomic E-state index is 12.1. The van der Waals surface area contributed by atoms with E-state index in [9.17, 15) is 4.79 Å². The van der Waals surface area contributed by atoms with E-state index in [0.717, 1.165) is 4.47 Å². The fourth-order valence-corrected chi connectivity index (χ4v) is 2.37. The number of halogens is 2. The molecule has 2 aromatic carbocycles. The second-order valence-corrected chi connectivity index (χ2v) is 5.39. The van der Waals surface area contributed by atoms with Crippen LogP contribution in [0.5, 0.6) is 5.75 Å². The normalized spacial score (nSPS) is 11.9. The number of carbonyl (C=O) groups excluding carboxylic acids is 1. The van der Waals surface area contributed by atoms with Gasteiger partial charge < -0.3 is 4.74 Å². The molecule has 0 unspecified atom stereocenters. The molecule has 0 aliphatic rings. The van der Waals surface area contributed by atoms with E-state index in [1.54, 1.807) is 31.2 Å². The van der Waals surface area contributed by atoms with Crippen LogP contribution in [-0.4, -0.2) is 11.9 Å². The van der Waals surface area contributed by atoms with E-state index >= 15 is 0 Å². The Morgan fingerprint density at radius 1 is 1.21 bits per heavy atom. The zero-order valence-electron chi connectivity index (χ0n) is 10.3. The third-order valence-electron chi connectivity index (χ3n) is 2.63. The SMILES string of the molecule is C[C@@H](Oc1ccc(Br)cc1Cl)C(=O)c1ccccc1. The molecule has 19 heavy (non-hydrogen) atoms. The summed E-state index contributed by atoms with van der Waals surface area (Å²) < 4.78 is 6.48. The second-order valence-electron chi connectivity index (χ2n) is 4.07. The van der Waals surface area contributed by atoms with E-state index < -0.39 is 6.10 Å². The predicted octanol–water partition coefficient (Wildman–Crippen LogP) is 4.75. The summed E-state index contributed by atoms with van der Waals surface area (Å²) in [6.45, 7) is 1.72. The van der Waals surface area contributed by atoms with Crippen LogP contribution in [0.4, 0.5) is 0 Å². The Kier molecular flexibility index (Phi) is 4.61. The molecule has 0 saturated heterocycles. The maximum Gasteiger partial charge on any atom is 0.202 e. The summed E-state index contributed by atoms with van der Waals surface area (Å²) in [5.41, 5.74) is 0.628. The van der Waals surface area contributed by atoms with Crippen LogP contribution in [0.2, 0.25) is 5.02 Å². The van der Waals surface area contributed by atoms with E-state index in [0.29, 0.717) is 16.3 Å². The van der Waals surface area contributed by atoms with Crippen molar-refractivity contribution >= 4 is 33.3 Å². The molecule has 98 valence electrons. The van der Waals surface area contributed by atoms with Crippen LogP contribution in [0.25, 0.3) is 0 Å². The van der Waals surface area contributed by atoms with Crippen LogP contribution in [-0.2, 0) is 0 Å². The summed E-state index contributed by atoms with van der Waals surface area (Å²) in [6.07, 6.45) is -0.582. The Hall–Kier alpha value is -1.32. The summed E-state index contributed by atoms with van der Waals surface area (Å²) in [5, 5.41) is 0.474. The molecule has 0 bridgehead atoms. The molecule has 0 amide bonds. The van der Waals surface area contributed by atoms with Gasteiger partial charge in [0.15, 0.2) is 6.10 Å². The largest absolute Gasteiger partial charge is 0.481 e. The molecule has 2 rings (SSSR count). The summed E-state index contributed by atoms with van der Waals surface area (Å²) in [6, 6.07) is 14.3. The molecule has 0 saturated carbocycles. The third kappa shape index (κ3) is 3.58. The van der Waals surface area contributed by atoms with Crippen LogP contribution in [0, 0.1) is 0 Å². The number of carbonyl (C=O) groups is 1. The summed E-state index contributed by atoms with van der Waals surface area (Å²) >= 11 is 9.38. The van der Waals surface area contributed by atoms with Gasteiger partial charge in [-0.15, -0.1) is 0 Å². The van der Waals surface area contributed by atoms with Crippen molar-refractivity contribution in [2.45, 2.75) is 13.0 Å². The van der Waals surface area contributed by atoms with Crippen LogP contribution in [0.3, 0.4) is 0 Å². The fourth-order valence-electron chi connectivity index (χ4n) is 1.65. The molecule has 0 spiro atoms. The lowest BCUT2D eigenvalue weighted by Gasteiger charge is -2.15. The number of hydrogen-bond donors (Lipinski definition) is 0. The Labute approximate surface area is 125 Å². The van der Waals surface area contributed by atoms with E-state index in [2.05, 4.69) is 15.9 Å². The molecule has 0 heterocycles. The maximum absolute atomic E-state index is 12.1. The monoisotopic (exact) mass is 338 g/mol. The molecular weight excluding hydrogens is 328 g/mol. The van der Waals surface area contributed by atoms with Crippen molar-refractivity contribution in [2.75, 3.05) is 0 Å². The summed E-state index contributed by atoms with van der Waals surface area (Å²) in [7, 11) is 0. The lowest BCUT2D eigenvalue weighted by Crippen LogP contribution is -2.23. The van der Waals surface area contributed by atoms with E-state index in [1.807, 2.05) is 24.3 Å². The molecule has 2 aromatic rings.